The van der Waals surface area contributed by atoms with Gasteiger partial charge in [0.15, 0.2) is 0 Å². The molecule has 0 bridgehead atoms. The molecule has 0 unspecified atom stereocenters. The average molecular weight is 390 g/mol. The first-order valence-electron chi connectivity index (χ1n) is 9.71. The van der Waals surface area contributed by atoms with Crippen LogP contribution in [-0.4, -0.2) is 32.2 Å². The second-order valence-corrected chi connectivity index (χ2v) is 7.14. The van der Waals surface area contributed by atoms with E-state index < -0.39 is 0 Å². The number of halogens is 1. The number of rotatable bonds is 4. The lowest BCUT2D eigenvalue weighted by atomic mass is 9.98. The molecule has 0 atom stereocenters. The van der Waals surface area contributed by atoms with Gasteiger partial charge in [-0.1, -0.05) is 18.2 Å². The molecule has 1 heterocycles. The first-order valence-corrected chi connectivity index (χ1v) is 9.71. The molecule has 0 aliphatic carbocycles. The first-order chi connectivity index (χ1) is 14.1. The van der Waals surface area contributed by atoms with Crippen molar-refractivity contribution in [3.8, 4) is 11.1 Å². The third kappa shape index (κ3) is 4.46. The van der Waals surface area contributed by atoms with E-state index in [1.165, 1.54) is 12.1 Å². The van der Waals surface area contributed by atoms with Gasteiger partial charge in [0.25, 0.3) is 5.91 Å². The Balaban J connectivity index is 1.50. The summed E-state index contributed by atoms with van der Waals surface area (Å²) < 4.78 is 19.0. The van der Waals surface area contributed by atoms with E-state index in [0.717, 1.165) is 54.4 Å². The molecule has 4 nitrogen and oxygen atoms in total. The number of anilines is 2. The van der Waals surface area contributed by atoms with E-state index in [1.54, 1.807) is 12.1 Å². The Morgan fingerprint density at radius 1 is 1.00 bits per heavy atom. The monoisotopic (exact) mass is 390 g/mol. The van der Waals surface area contributed by atoms with Crippen LogP contribution in [0.4, 0.5) is 15.8 Å². The number of benzene rings is 3. The molecular weight excluding hydrogens is 367 g/mol. The topological polar surface area (TPSA) is 41.6 Å². The van der Waals surface area contributed by atoms with E-state index in [-0.39, 0.29) is 11.7 Å². The maximum absolute atomic E-state index is 13.6. The van der Waals surface area contributed by atoms with Crippen LogP contribution in [0.15, 0.2) is 66.7 Å². The molecule has 1 N–H and O–H groups in total. The summed E-state index contributed by atoms with van der Waals surface area (Å²) in [5.41, 5.74) is 4.98. The minimum Gasteiger partial charge on any atom is -0.378 e. The highest BCUT2D eigenvalue weighted by Crippen LogP contribution is 2.26. The number of amides is 1. The number of carbonyl (C=O) groups is 1. The summed E-state index contributed by atoms with van der Waals surface area (Å²) in [6, 6.07) is 19.7. The Morgan fingerprint density at radius 2 is 1.76 bits per heavy atom. The fourth-order valence-electron chi connectivity index (χ4n) is 3.51. The normalized spacial score (nSPS) is 13.9. The highest BCUT2D eigenvalue weighted by atomic mass is 19.1. The van der Waals surface area contributed by atoms with Crippen LogP contribution in [0.5, 0.6) is 0 Å². The fraction of sp³-hybridized carbons (Fsp3) is 0.208. The molecule has 1 fully saturated rings. The molecule has 3 aromatic carbocycles. The van der Waals surface area contributed by atoms with Gasteiger partial charge < -0.3 is 15.0 Å². The summed E-state index contributed by atoms with van der Waals surface area (Å²) in [7, 11) is 0. The molecule has 0 aromatic heterocycles. The number of hydrogen-bond acceptors (Lipinski definition) is 3. The van der Waals surface area contributed by atoms with E-state index in [2.05, 4.69) is 10.2 Å². The SMILES string of the molecule is Cc1ccc(C(=O)Nc2ccc(N3CCOCC3)cc2)cc1-c1cccc(F)c1. The fourth-order valence-corrected chi connectivity index (χ4v) is 3.51. The Hall–Kier alpha value is -3.18. The maximum Gasteiger partial charge on any atom is 0.255 e. The zero-order valence-corrected chi connectivity index (χ0v) is 16.3. The third-order valence-electron chi connectivity index (χ3n) is 5.14. The second-order valence-electron chi connectivity index (χ2n) is 7.14. The zero-order valence-electron chi connectivity index (χ0n) is 16.3. The lowest BCUT2D eigenvalue weighted by Gasteiger charge is -2.28. The van der Waals surface area contributed by atoms with Crippen molar-refractivity contribution in [2.45, 2.75) is 6.92 Å². The first kappa shape index (κ1) is 19.2. The molecule has 5 heteroatoms. The summed E-state index contributed by atoms with van der Waals surface area (Å²) in [6.07, 6.45) is 0. The van der Waals surface area contributed by atoms with E-state index in [9.17, 15) is 9.18 Å². The molecule has 0 saturated carbocycles. The zero-order chi connectivity index (χ0) is 20.2. The minimum absolute atomic E-state index is 0.193. The van der Waals surface area contributed by atoms with Gasteiger partial charge in [-0.15, -0.1) is 0 Å². The Labute approximate surface area is 169 Å². The van der Waals surface area contributed by atoms with Gasteiger partial charge in [0, 0.05) is 30.0 Å². The van der Waals surface area contributed by atoms with Gasteiger partial charge in [-0.2, -0.15) is 0 Å². The third-order valence-corrected chi connectivity index (χ3v) is 5.14. The van der Waals surface area contributed by atoms with Crippen molar-refractivity contribution >= 4 is 17.3 Å². The summed E-state index contributed by atoms with van der Waals surface area (Å²) in [4.78, 5) is 15.0. The Kier molecular flexibility index (Phi) is 5.58. The van der Waals surface area contributed by atoms with Crippen molar-refractivity contribution in [2.75, 3.05) is 36.5 Å². The summed E-state index contributed by atoms with van der Waals surface area (Å²) in [6.45, 7) is 5.17. The average Bonchev–Trinajstić information content (AvgIpc) is 2.75. The van der Waals surface area contributed by atoms with Crippen molar-refractivity contribution < 1.29 is 13.9 Å². The van der Waals surface area contributed by atoms with Crippen LogP contribution in [0.1, 0.15) is 15.9 Å². The predicted molar refractivity (Wildman–Crippen MR) is 114 cm³/mol. The van der Waals surface area contributed by atoms with Crippen LogP contribution in [-0.2, 0) is 4.74 Å². The van der Waals surface area contributed by atoms with Gasteiger partial charge in [0.05, 0.1) is 13.2 Å². The standard InChI is InChI=1S/C24H23FN2O2/c1-17-5-6-19(16-23(17)18-3-2-4-20(25)15-18)24(28)26-21-7-9-22(10-8-21)27-11-13-29-14-12-27/h2-10,15-16H,11-14H2,1H3,(H,26,28). The van der Waals surface area contributed by atoms with E-state index in [4.69, 9.17) is 4.74 Å². The summed E-state index contributed by atoms with van der Waals surface area (Å²) in [5, 5.41) is 2.94. The molecule has 0 spiro atoms. The maximum atomic E-state index is 13.6. The van der Waals surface area contributed by atoms with Gasteiger partial charge >= 0.3 is 0 Å². The van der Waals surface area contributed by atoms with Gasteiger partial charge in [-0.05, 0) is 72.1 Å². The predicted octanol–water partition coefficient (Wildman–Crippen LogP) is 4.89. The van der Waals surface area contributed by atoms with Crippen molar-refractivity contribution in [3.63, 3.8) is 0 Å². The number of hydrogen-bond donors (Lipinski definition) is 1. The lowest BCUT2D eigenvalue weighted by molar-refractivity contribution is 0.102. The smallest absolute Gasteiger partial charge is 0.255 e. The Bertz CT molecular complexity index is 1010. The number of aryl methyl sites for hydroxylation is 1. The van der Waals surface area contributed by atoms with Crippen LogP contribution in [0.3, 0.4) is 0 Å². The quantitative estimate of drug-likeness (QED) is 0.690. The number of ether oxygens (including phenoxy) is 1. The molecule has 1 aliphatic heterocycles. The molecule has 1 saturated heterocycles. The molecule has 1 aliphatic rings. The highest BCUT2D eigenvalue weighted by molar-refractivity contribution is 6.05. The van der Waals surface area contributed by atoms with Gasteiger partial charge in [-0.3, -0.25) is 4.79 Å². The number of morpholine rings is 1. The molecule has 29 heavy (non-hydrogen) atoms. The van der Waals surface area contributed by atoms with E-state index in [1.807, 2.05) is 49.4 Å². The van der Waals surface area contributed by atoms with Crippen molar-refractivity contribution in [1.29, 1.82) is 0 Å². The Morgan fingerprint density at radius 3 is 2.48 bits per heavy atom. The van der Waals surface area contributed by atoms with E-state index in [0.29, 0.717) is 5.56 Å². The molecule has 1 amide bonds. The van der Waals surface area contributed by atoms with Gasteiger partial charge in [0.1, 0.15) is 5.82 Å². The molecular formula is C24H23FN2O2. The molecule has 4 rings (SSSR count). The van der Waals surface area contributed by atoms with Crippen molar-refractivity contribution in [1.82, 2.24) is 0 Å². The second kappa shape index (κ2) is 8.45. The van der Waals surface area contributed by atoms with Crippen LogP contribution < -0.4 is 10.2 Å². The van der Waals surface area contributed by atoms with Gasteiger partial charge in [-0.25, -0.2) is 4.39 Å². The summed E-state index contributed by atoms with van der Waals surface area (Å²) in [5.74, 6) is -0.487. The molecule has 148 valence electrons. The number of nitrogens with one attached hydrogen (secondary N) is 1. The van der Waals surface area contributed by atoms with Crippen molar-refractivity contribution in [2.24, 2.45) is 0 Å². The van der Waals surface area contributed by atoms with Crippen molar-refractivity contribution in [3.05, 3.63) is 83.7 Å². The summed E-state index contributed by atoms with van der Waals surface area (Å²) >= 11 is 0. The molecule has 3 aromatic rings. The lowest BCUT2D eigenvalue weighted by Crippen LogP contribution is -2.36. The number of carbonyl (C=O) groups excluding carboxylic acids is 1. The van der Waals surface area contributed by atoms with Gasteiger partial charge in [0.2, 0.25) is 0 Å². The minimum atomic E-state index is -0.294. The van der Waals surface area contributed by atoms with Crippen LogP contribution in [0.2, 0.25) is 0 Å². The molecule has 0 radical (unpaired) electrons. The number of nitrogens with zero attached hydrogens (tertiary/aromatic N) is 1. The van der Waals surface area contributed by atoms with Crippen LogP contribution >= 0.6 is 0 Å². The van der Waals surface area contributed by atoms with Crippen LogP contribution in [0, 0.1) is 12.7 Å². The van der Waals surface area contributed by atoms with Crippen LogP contribution in [0.25, 0.3) is 11.1 Å². The highest BCUT2D eigenvalue weighted by Gasteiger charge is 2.13. The largest absolute Gasteiger partial charge is 0.378 e. The van der Waals surface area contributed by atoms with E-state index >= 15 is 0 Å².